The molecule has 0 aromatic carbocycles. The van der Waals surface area contributed by atoms with Crippen LogP contribution in [-0.2, 0) is 14.6 Å². The molecule has 1 amide bonds. The van der Waals surface area contributed by atoms with Gasteiger partial charge in [0, 0.05) is 12.1 Å². The third kappa shape index (κ3) is 6.63. The second-order valence-electron chi connectivity index (χ2n) is 5.08. The maximum Gasteiger partial charge on any atom is 0.238 e. The largest absolute Gasteiger partial charge is 0.355 e. The van der Waals surface area contributed by atoms with Crippen LogP contribution in [0.25, 0.3) is 0 Å². The van der Waals surface area contributed by atoms with Crippen LogP contribution in [0.1, 0.15) is 40.5 Å². The molecule has 0 aromatic rings. The number of carbonyl (C=O) groups is 1. The van der Waals surface area contributed by atoms with Crippen LogP contribution in [0.2, 0.25) is 0 Å². The Bertz CT molecular complexity index is 344. The van der Waals surface area contributed by atoms with E-state index in [2.05, 4.69) is 5.32 Å². The van der Waals surface area contributed by atoms with E-state index in [1.54, 1.807) is 13.8 Å². The number of sulfone groups is 1. The van der Waals surface area contributed by atoms with Crippen LogP contribution in [0.4, 0.5) is 0 Å². The molecule has 0 fully saturated rings. The summed E-state index contributed by atoms with van der Waals surface area (Å²) in [6, 6.07) is 0. The van der Waals surface area contributed by atoms with E-state index in [-0.39, 0.29) is 5.75 Å². The fourth-order valence-electron chi connectivity index (χ4n) is 1.34. The van der Waals surface area contributed by atoms with Crippen molar-refractivity contribution in [3.8, 4) is 0 Å². The number of amides is 1. The predicted molar refractivity (Wildman–Crippen MR) is 69.4 cm³/mol. The standard InChI is InChI=1S/C11H24N2O3S/c1-5-6-7-13-10(14)9(2)17(15,16)8-11(3,4)12/h9H,5-8,12H2,1-4H3,(H,13,14). The van der Waals surface area contributed by atoms with Crippen molar-refractivity contribution in [2.75, 3.05) is 12.3 Å². The summed E-state index contributed by atoms with van der Waals surface area (Å²) in [5.41, 5.74) is 4.85. The van der Waals surface area contributed by atoms with Gasteiger partial charge < -0.3 is 11.1 Å². The van der Waals surface area contributed by atoms with E-state index in [0.29, 0.717) is 6.54 Å². The summed E-state index contributed by atoms with van der Waals surface area (Å²) in [7, 11) is -3.49. The first-order valence-corrected chi connectivity index (χ1v) is 7.60. The molecule has 0 rings (SSSR count). The smallest absolute Gasteiger partial charge is 0.238 e. The molecule has 0 saturated carbocycles. The molecule has 0 aliphatic carbocycles. The van der Waals surface area contributed by atoms with Gasteiger partial charge in [-0.25, -0.2) is 8.42 Å². The normalized spacial score (nSPS) is 14.4. The summed E-state index contributed by atoms with van der Waals surface area (Å²) in [4.78, 5) is 11.6. The van der Waals surface area contributed by atoms with E-state index in [1.807, 2.05) is 6.92 Å². The number of unbranched alkanes of at least 4 members (excludes halogenated alkanes) is 1. The lowest BCUT2D eigenvalue weighted by Crippen LogP contribution is -2.46. The highest BCUT2D eigenvalue weighted by Gasteiger charge is 2.31. The number of rotatable bonds is 7. The molecule has 0 radical (unpaired) electrons. The molecule has 0 bridgehead atoms. The van der Waals surface area contributed by atoms with Crippen LogP contribution in [0, 0.1) is 0 Å². The lowest BCUT2D eigenvalue weighted by molar-refractivity contribution is -0.120. The number of hydrogen-bond donors (Lipinski definition) is 2. The molecule has 102 valence electrons. The lowest BCUT2D eigenvalue weighted by atomic mass is 10.1. The van der Waals surface area contributed by atoms with Crippen molar-refractivity contribution in [3.63, 3.8) is 0 Å². The zero-order valence-electron chi connectivity index (χ0n) is 11.1. The first-order valence-electron chi connectivity index (χ1n) is 5.88. The highest BCUT2D eigenvalue weighted by molar-refractivity contribution is 7.92. The molecule has 1 atom stereocenters. The van der Waals surface area contributed by atoms with Gasteiger partial charge in [-0.15, -0.1) is 0 Å². The van der Waals surface area contributed by atoms with Crippen LogP contribution < -0.4 is 11.1 Å². The minimum absolute atomic E-state index is 0.192. The molecule has 0 heterocycles. The highest BCUT2D eigenvalue weighted by Crippen LogP contribution is 2.09. The first kappa shape index (κ1) is 16.4. The third-order valence-corrected chi connectivity index (χ3v) is 4.75. The van der Waals surface area contributed by atoms with Crippen molar-refractivity contribution in [3.05, 3.63) is 0 Å². The highest BCUT2D eigenvalue weighted by atomic mass is 32.2. The van der Waals surface area contributed by atoms with Gasteiger partial charge >= 0.3 is 0 Å². The van der Waals surface area contributed by atoms with E-state index < -0.39 is 26.5 Å². The molecule has 5 nitrogen and oxygen atoms in total. The molecule has 0 aliphatic rings. The summed E-state index contributed by atoms with van der Waals surface area (Å²) in [6.45, 7) is 7.19. The molecule has 1 unspecified atom stereocenters. The number of carbonyl (C=O) groups excluding carboxylic acids is 1. The van der Waals surface area contributed by atoms with Crippen LogP contribution in [0.15, 0.2) is 0 Å². The van der Waals surface area contributed by atoms with Gasteiger partial charge in [-0.05, 0) is 27.2 Å². The summed E-state index contributed by atoms with van der Waals surface area (Å²) < 4.78 is 23.8. The zero-order chi connectivity index (χ0) is 13.7. The van der Waals surface area contributed by atoms with Crippen molar-refractivity contribution in [2.45, 2.75) is 51.3 Å². The molecule has 0 spiro atoms. The fourth-order valence-corrected chi connectivity index (χ4v) is 3.04. The Hall–Kier alpha value is -0.620. The number of nitrogens with two attached hydrogens (primary N) is 1. The zero-order valence-corrected chi connectivity index (χ0v) is 11.9. The Kier molecular flexibility index (Phi) is 6.12. The third-order valence-electron chi connectivity index (χ3n) is 2.31. The van der Waals surface area contributed by atoms with Gasteiger partial charge in [0.25, 0.3) is 0 Å². The van der Waals surface area contributed by atoms with E-state index in [9.17, 15) is 13.2 Å². The Labute approximate surface area is 104 Å². The molecule has 17 heavy (non-hydrogen) atoms. The molecule has 0 aliphatic heterocycles. The van der Waals surface area contributed by atoms with Gasteiger partial charge in [-0.2, -0.15) is 0 Å². The molecule has 6 heteroatoms. The Morgan fingerprint density at radius 2 is 1.94 bits per heavy atom. The maximum atomic E-state index is 11.9. The van der Waals surface area contributed by atoms with Crippen molar-refractivity contribution in [2.24, 2.45) is 5.73 Å². The molecular formula is C11H24N2O3S. The average Bonchev–Trinajstić information content (AvgIpc) is 2.13. The quantitative estimate of drug-likeness (QED) is 0.653. The molecular weight excluding hydrogens is 240 g/mol. The predicted octanol–water partition coefficient (Wildman–Crippen LogP) is 0.443. The minimum Gasteiger partial charge on any atom is -0.355 e. The van der Waals surface area contributed by atoms with Crippen LogP contribution in [0.3, 0.4) is 0 Å². The van der Waals surface area contributed by atoms with Crippen molar-refractivity contribution in [1.29, 1.82) is 0 Å². The van der Waals surface area contributed by atoms with Crippen molar-refractivity contribution in [1.82, 2.24) is 5.32 Å². The van der Waals surface area contributed by atoms with E-state index in [0.717, 1.165) is 12.8 Å². The van der Waals surface area contributed by atoms with Crippen LogP contribution in [-0.4, -0.2) is 37.4 Å². The second kappa shape index (κ2) is 6.35. The van der Waals surface area contributed by atoms with Gasteiger partial charge in [-0.3, -0.25) is 4.79 Å². The minimum atomic E-state index is -3.49. The molecule has 0 saturated heterocycles. The summed E-state index contributed by atoms with van der Waals surface area (Å²) in [6.07, 6.45) is 1.80. The van der Waals surface area contributed by atoms with Crippen molar-refractivity contribution >= 4 is 15.7 Å². The lowest BCUT2D eigenvalue weighted by Gasteiger charge is -2.21. The van der Waals surface area contributed by atoms with Gasteiger partial charge in [0.2, 0.25) is 5.91 Å². The maximum absolute atomic E-state index is 11.9. The van der Waals surface area contributed by atoms with Gasteiger partial charge in [-0.1, -0.05) is 13.3 Å². The Morgan fingerprint density at radius 3 is 2.35 bits per heavy atom. The summed E-state index contributed by atoms with van der Waals surface area (Å²) in [5.74, 6) is -0.634. The van der Waals surface area contributed by atoms with E-state index in [1.165, 1.54) is 6.92 Å². The summed E-state index contributed by atoms with van der Waals surface area (Å²) in [5, 5.41) is 1.58. The van der Waals surface area contributed by atoms with Gasteiger partial charge in [0.1, 0.15) is 5.25 Å². The average molecular weight is 264 g/mol. The first-order chi connectivity index (χ1) is 7.60. The number of nitrogens with one attached hydrogen (secondary N) is 1. The molecule has 3 N–H and O–H groups in total. The topological polar surface area (TPSA) is 89.3 Å². The van der Waals surface area contributed by atoms with Gasteiger partial charge in [0.15, 0.2) is 9.84 Å². The van der Waals surface area contributed by atoms with Gasteiger partial charge in [0.05, 0.1) is 5.75 Å². The SMILES string of the molecule is CCCCNC(=O)C(C)S(=O)(=O)CC(C)(C)N. The Morgan fingerprint density at radius 1 is 1.41 bits per heavy atom. The Balaban J connectivity index is 4.47. The second-order valence-corrected chi connectivity index (χ2v) is 7.40. The van der Waals surface area contributed by atoms with E-state index >= 15 is 0 Å². The summed E-state index contributed by atoms with van der Waals surface area (Å²) >= 11 is 0. The monoisotopic (exact) mass is 264 g/mol. The van der Waals surface area contributed by atoms with E-state index in [4.69, 9.17) is 5.73 Å². The van der Waals surface area contributed by atoms with Crippen LogP contribution >= 0.6 is 0 Å². The number of hydrogen-bond acceptors (Lipinski definition) is 4. The van der Waals surface area contributed by atoms with Crippen LogP contribution in [0.5, 0.6) is 0 Å². The van der Waals surface area contributed by atoms with Crippen molar-refractivity contribution < 1.29 is 13.2 Å². The molecule has 0 aromatic heterocycles. The fraction of sp³-hybridized carbons (Fsp3) is 0.909.